The maximum absolute atomic E-state index is 4.36. The van der Waals surface area contributed by atoms with Crippen LogP contribution >= 0.6 is 27.7 Å². The van der Waals surface area contributed by atoms with Gasteiger partial charge in [-0.2, -0.15) is 0 Å². The smallest absolute Gasteiger partial charge is 0.0848 e. The molecule has 0 spiro atoms. The number of thioether (sulfide) groups is 1. The van der Waals surface area contributed by atoms with Crippen molar-refractivity contribution in [3.8, 4) is 0 Å². The number of benzene rings is 1. The van der Waals surface area contributed by atoms with Gasteiger partial charge in [-0.15, -0.1) is 11.8 Å². The Morgan fingerprint density at radius 3 is 2.92 bits per heavy atom. The topological polar surface area (TPSA) is 12.9 Å². The summed E-state index contributed by atoms with van der Waals surface area (Å²) in [5.74, 6) is 0. The fourth-order valence-corrected chi connectivity index (χ4v) is 2.29. The molecule has 3 heteroatoms. The first-order chi connectivity index (χ1) is 6.33. The molecule has 1 heterocycles. The van der Waals surface area contributed by atoms with Gasteiger partial charge in [-0.05, 0) is 18.4 Å². The summed E-state index contributed by atoms with van der Waals surface area (Å²) in [6, 6.07) is 8.19. The molecule has 0 saturated heterocycles. The van der Waals surface area contributed by atoms with Crippen LogP contribution in [-0.4, -0.2) is 11.2 Å². The minimum Gasteiger partial charge on any atom is -0.255 e. The number of hydrogen-bond acceptors (Lipinski definition) is 2. The second-order valence-electron chi connectivity index (χ2n) is 2.65. The zero-order chi connectivity index (χ0) is 9.26. The molecule has 0 aliphatic rings. The molecular formula is C10H8BrNS. The SMILES string of the molecule is CSc1cccc2c(Br)ccnc12. The van der Waals surface area contributed by atoms with Gasteiger partial charge in [0, 0.05) is 21.0 Å². The molecule has 2 rings (SSSR count). The standard InChI is InChI=1S/C10H8BrNS/c1-13-9-4-2-3-7-8(11)5-6-12-10(7)9/h2-6H,1H3. The van der Waals surface area contributed by atoms with Crippen LogP contribution < -0.4 is 0 Å². The van der Waals surface area contributed by atoms with E-state index in [1.54, 1.807) is 11.8 Å². The Kier molecular flexibility index (Phi) is 2.56. The van der Waals surface area contributed by atoms with Crippen molar-refractivity contribution in [2.75, 3.05) is 6.26 Å². The lowest BCUT2D eigenvalue weighted by molar-refractivity contribution is 1.34. The number of hydrogen-bond donors (Lipinski definition) is 0. The molecule has 66 valence electrons. The van der Waals surface area contributed by atoms with Crippen LogP contribution in [0, 0.1) is 0 Å². The van der Waals surface area contributed by atoms with Crippen LogP contribution in [0.4, 0.5) is 0 Å². The van der Waals surface area contributed by atoms with Crippen molar-refractivity contribution in [3.05, 3.63) is 34.9 Å². The van der Waals surface area contributed by atoms with Crippen LogP contribution in [0.2, 0.25) is 0 Å². The zero-order valence-corrected chi connectivity index (χ0v) is 9.52. The van der Waals surface area contributed by atoms with E-state index in [0.717, 1.165) is 9.99 Å². The highest BCUT2D eigenvalue weighted by Gasteiger charge is 2.02. The molecular weight excluding hydrogens is 246 g/mol. The van der Waals surface area contributed by atoms with Gasteiger partial charge in [0.1, 0.15) is 0 Å². The van der Waals surface area contributed by atoms with Crippen molar-refractivity contribution in [2.24, 2.45) is 0 Å². The lowest BCUT2D eigenvalue weighted by Crippen LogP contribution is -1.81. The summed E-state index contributed by atoms with van der Waals surface area (Å²) in [4.78, 5) is 5.58. The molecule has 0 radical (unpaired) electrons. The van der Waals surface area contributed by atoms with Crippen molar-refractivity contribution in [3.63, 3.8) is 0 Å². The van der Waals surface area contributed by atoms with Gasteiger partial charge >= 0.3 is 0 Å². The predicted octanol–water partition coefficient (Wildman–Crippen LogP) is 3.72. The van der Waals surface area contributed by atoms with Crippen LogP contribution in [0.5, 0.6) is 0 Å². The average molecular weight is 254 g/mol. The van der Waals surface area contributed by atoms with Crippen molar-refractivity contribution in [1.82, 2.24) is 4.98 Å². The summed E-state index contributed by atoms with van der Waals surface area (Å²) in [6.45, 7) is 0. The summed E-state index contributed by atoms with van der Waals surface area (Å²) in [5.41, 5.74) is 1.07. The third kappa shape index (κ3) is 1.58. The quantitative estimate of drug-likeness (QED) is 0.719. The van der Waals surface area contributed by atoms with Crippen molar-refractivity contribution >= 4 is 38.6 Å². The Morgan fingerprint density at radius 2 is 2.15 bits per heavy atom. The van der Waals surface area contributed by atoms with Crippen LogP contribution in [0.3, 0.4) is 0 Å². The monoisotopic (exact) mass is 253 g/mol. The summed E-state index contributed by atoms with van der Waals surface area (Å²) in [7, 11) is 0. The van der Waals surface area contributed by atoms with E-state index in [1.165, 1.54) is 10.3 Å². The maximum atomic E-state index is 4.36. The summed E-state index contributed by atoms with van der Waals surface area (Å²) in [5, 5.41) is 1.18. The molecule has 0 fully saturated rings. The lowest BCUT2D eigenvalue weighted by atomic mass is 10.2. The van der Waals surface area contributed by atoms with Gasteiger partial charge < -0.3 is 0 Å². The molecule has 1 aromatic carbocycles. The zero-order valence-electron chi connectivity index (χ0n) is 7.12. The molecule has 0 N–H and O–H groups in total. The van der Waals surface area contributed by atoms with E-state index in [1.807, 2.05) is 12.3 Å². The molecule has 0 amide bonds. The normalized spacial score (nSPS) is 10.6. The Balaban J connectivity index is 2.84. The van der Waals surface area contributed by atoms with Crippen LogP contribution in [0.1, 0.15) is 0 Å². The molecule has 1 aromatic heterocycles. The Labute approximate surface area is 89.7 Å². The fourth-order valence-electron chi connectivity index (χ4n) is 1.28. The molecule has 2 aromatic rings. The minimum absolute atomic E-state index is 1.07. The van der Waals surface area contributed by atoms with Crippen molar-refractivity contribution in [1.29, 1.82) is 0 Å². The highest BCUT2D eigenvalue weighted by Crippen LogP contribution is 2.28. The van der Waals surface area contributed by atoms with E-state index in [4.69, 9.17) is 0 Å². The molecule has 0 unspecified atom stereocenters. The number of nitrogens with zero attached hydrogens (tertiary/aromatic N) is 1. The predicted molar refractivity (Wildman–Crippen MR) is 61.2 cm³/mol. The van der Waals surface area contributed by atoms with Crippen LogP contribution in [-0.2, 0) is 0 Å². The molecule has 0 atom stereocenters. The van der Waals surface area contributed by atoms with E-state index in [-0.39, 0.29) is 0 Å². The molecule has 1 nitrogen and oxygen atoms in total. The third-order valence-corrected chi connectivity index (χ3v) is 3.36. The van der Waals surface area contributed by atoms with Gasteiger partial charge in [0.05, 0.1) is 5.52 Å². The highest BCUT2D eigenvalue weighted by molar-refractivity contribution is 9.10. The number of fused-ring (bicyclic) bond motifs is 1. The Bertz CT molecular complexity index is 442. The Morgan fingerprint density at radius 1 is 1.31 bits per heavy atom. The van der Waals surface area contributed by atoms with Crippen molar-refractivity contribution < 1.29 is 0 Å². The van der Waals surface area contributed by atoms with Gasteiger partial charge in [-0.3, -0.25) is 4.98 Å². The number of rotatable bonds is 1. The van der Waals surface area contributed by atoms with Gasteiger partial charge in [0.15, 0.2) is 0 Å². The summed E-state index contributed by atoms with van der Waals surface area (Å²) < 4.78 is 1.10. The van der Waals surface area contributed by atoms with Gasteiger partial charge in [0.2, 0.25) is 0 Å². The number of aromatic nitrogens is 1. The van der Waals surface area contributed by atoms with E-state index in [0.29, 0.717) is 0 Å². The first kappa shape index (κ1) is 9.03. The van der Waals surface area contributed by atoms with Crippen molar-refractivity contribution in [2.45, 2.75) is 4.90 Å². The lowest BCUT2D eigenvalue weighted by Gasteiger charge is -2.03. The molecule has 0 aliphatic heterocycles. The number of pyridine rings is 1. The van der Waals surface area contributed by atoms with E-state index in [2.05, 4.69) is 45.4 Å². The van der Waals surface area contributed by atoms with E-state index >= 15 is 0 Å². The summed E-state index contributed by atoms with van der Waals surface area (Å²) >= 11 is 5.23. The molecule has 0 saturated carbocycles. The van der Waals surface area contributed by atoms with Gasteiger partial charge in [0.25, 0.3) is 0 Å². The van der Waals surface area contributed by atoms with Crippen LogP contribution in [0.25, 0.3) is 10.9 Å². The average Bonchev–Trinajstić information content (AvgIpc) is 2.18. The van der Waals surface area contributed by atoms with E-state index < -0.39 is 0 Å². The number of para-hydroxylation sites is 1. The molecule has 0 aliphatic carbocycles. The fraction of sp³-hybridized carbons (Fsp3) is 0.100. The van der Waals surface area contributed by atoms with Crippen LogP contribution in [0.15, 0.2) is 39.8 Å². The second-order valence-corrected chi connectivity index (χ2v) is 4.35. The largest absolute Gasteiger partial charge is 0.255 e. The maximum Gasteiger partial charge on any atom is 0.0848 e. The van der Waals surface area contributed by atoms with E-state index in [9.17, 15) is 0 Å². The minimum atomic E-state index is 1.07. The summed E-state index contributed by atoms with van der Waals surface area (Å²) in [6.07, 6.45) is 3.89. The first-order valence-corrected chi connectivity index (χ1v) is 5.92. The van der Waals surface area contributed by atoms with Gasteiger partial charge in [-0.25, -0.2) is 0 Å². The molecule has 13 heavy (non-hydrogen) atoms. The Hall–Kier alpha value is -0.540. The second kappa shape index (κ2) is 3.68. The highest BCUT2D eigenvalue weighted by atomic mass is 79.9. The third-order valence-electron chi connectivity index (χ3n) is 1.90. The molecule has 0 bridgehead atoms. The first-order valence-electron chi connectivity index (χ1n) is 3.90. The van der Waals surface area contributed by atoms with Gasteiger partial charge in [-0.1, -0.05) is 28.1 Å². The number of halogens is 1.